The molecule has 2 aliphatic rings. The van der Waals surface area contributed by atoms with Crippen molar-refractivity contribution in [2.75, 3.05) is 0 Å². The first-order valence-corrected chi connectivity index (χ1v) is 8.43. The van der Waals surface area contributed by atoms with Gasteiger partial charge in [0.15, 0.2) is 0 Å². The van der Waals surface area contributed by atoms with Crippen LogP contribution < -0.4 is 0 Å². The molecule has 0 radical (unpaired) electrons. The van der Waals surface area contributed by atoms with E-state index in [-0.39, 0.29) is 0 Å². The van der Waals surface area contributed by atoms with Gasteiger partial charge in [-0.1, -0.05) is 55.7 Å². The van der Waals surface area contributed by atoms with E-state index >= 15 is 0 Å². The third-order valence-electron chi connectivity index (χ3n) is 5.49. The molecule has 0 aromatic heterocycles. The van der Waals surface area contributed by atoms with Crippen molar-refractivity contribution in [3.8, 4) is 0 Å². The monoisotopic (exact) mass is 272 g/mol. The van der Waals surface area contributed by atoms with Crippen molar-refractivity contribution >= 4 is 0 Å². The summed E-state index contributed by atoms with van der Waals surface area (Å²) in [5.41, 5.74) is 5.36. The number of rotatable bonds is 1. The Morgan fingerprint density at radius 1 is 1.00 bits per heavy atom. The molecule has 0 fully saturated rings. The first kappa shape index (κ1) is 15.6. The van der Waals surface area contributed by atoms with Gasteiger partial charge in [-0.05, 0) is 69.6 Å². The Bertz CT molecular complexity index is 433. The predicted octanol–water partition coefficient (Wildman–Crippen LogP) is 6.45. The molecule has 2 aliphatic carbocycles. The molecule has 0 spiro atoms. The lowest BCUT2D eigenvalue weighted by Gasteiger charge is -2.34. The summed E-state index contributed by atoms with van der Waals surface area (Å²) in [6, 6.07) is 0. The standard InChI is InChI=1S/C20H32/c1-15(2)18-12-14-20(5)13-11-17(4)8-6-7-16(3)9-10-19(18)20/h7,11-12,15,19H,6,8-10,13-14H2,1-5H3. The fourth-order valence-corrected chi connectivity index (χ4v) is 3.95. The third kappa shape index (κ3) is 3.45. The van der Waals surface area contributed by atoms with Gasteiger partial charge >= 0.3 is 0 Å². The van der Waals surface area contributed by atoms with Crippen LogP contribution in [0.5, 0.6) is 0 Å². The molecule has 0 aliphatic heterocycles. The van der Waals surface area contributed by atoms with E-state index in [9.17, 15) is 0 Å². The molecular weight excluding hydrogens is 240 g/mol. The average molecular weight is 272 g/mol. The van der Waals surface area contributed by atoms with Gasteiger partial charge in [0.05, 0.1) is 0 Å². The normalized spacial score (nSPS) is 32.1. The van der Waals surface area contributed by atoms with Gasteiger partial charge < -0.3 is 0 Å². The van der Waals surface area contributed by atoms with E-state index in [1.807, 2.05) is 0 Å². The van der Waals surface area contributed by atoms with Gasteiger partial charge in [0.25, 0.3) is 0 Å². The second kappa shape index (κ2) is 6.33. The zero-order valence-electron chi connectivity index (χ0n) is 14.1. The minimum absolute atomic E-state index is 0.464. The highest BCUT2D eigenvalue weighted by Crippen LogP contribution is 2.50. The van der Waals surface area contributed by atoms with Crippen LogP contribution in [-0.4, -0.2) is 0 Å². The molecule has 0 heterocycles. The average Bonchev–Trinajstić information content (AvgIpc) is 2.70. The minimum atomic E-state index is 0.464. The van der Waals surface area contributed by atoms with E-state index in [0.29, 0.717) is 11.3 Å². The maximum Gasteiger partial charge on any atom is -0.0138 e. The summed E-state index contributed by atoms with van der Waals surface area (Å²) in [5, 5.41) is 0. The fourth-order valence-electron chi connectivity index (χ4n) is 3.95. The summed E-state index contributed by atoms with van der Waals surface area (Å²) in [6.07, 6.45) is 15.2. The molecule has 0 aromatic rings. The van der Waals surface area contributed by atoms with Crippen LogP contribution in [0.25, 0.3) is 0 Å². The van der Waals surface area contributed by atoms with Crippen LogP contribution in [0.2, 0.25) is 0 Å². The van der Waals surface area contributed by atoms with Crippen molar-refractivity contribution in [1.82, 2.24) is 0 Å². The van der Waals surface area contributed by atoms with Crippen molar-refractivity contribution in [3.05, 3.63) is 34.9 Å². The van der Waals surface area contributed by atoms with Crippen LogP contribution in [0.15, 0.2) is 34.9 Å². The maximum absolute atomic E-state index is 2.56. The summed E-state index contributed by atoms with van der Waals surface area (Å²) in [6.45, 7) is 11.9. The van der Waals surface area contributed by atoms with Crippen molar-refractivity contribution in [3.63, 3.8) is 0 Å². The number of allylic oxidation sites excluding steroid dienone is 6. The summed E-state index contributed by atoms with van der Waals surface area (Å²) in [5.74, 6) is 1.49. The molecular formula is C20H32. The second-order valence-electron chi connectivity index (χ2n) is 7.65. The van der Waals surface area contributed by atoms with Crippen LogP contribution in [-0.2, 0) is 0 Å². The van der Waals surface area contributed by atoms with Gasteiger partial charge in [-0.15, -0.1) is 0 Å². The van der Waals surface area contributed by atoms with Crippen molar-refractivity contribution in [2.24, 2.45) is 17.3 Å². The Hall–Kier alpha value is -0.780. The number of hydrogen-bond acceptors (Lipinski definition) is 0. The third-order valence-corrected chi connectivity index (χ3v) is 5.49. The number of hydrogen-bond donors (Lipinski definition) is 0. The molecule has 0 amide bonds. The molecule has 0 bridgehead atoms. The van der Waals surface area contributed by atoms with E-state index in [0.717, 1.165) is 5.92 Å². The topological polar surface area (TPSA) is 0 Å². The molecule has 0 saturated heterocycles. The van der Waals surface area contributed by atoms with E-state index in [4.69, 9.17) is 0 Å². The lowest BCUT2D eigenvalue weighted by atomic mass is 9.70. The molecule has 0 N–H and O–H groups in total. The van der Waals surface area contributed by atoms with Crippen molar-refractivity contribution < 1.29 is 0 Å². The van der Waals surface area contributed by atoms with Crippen LogP contribution in [0.1, 0.15) is 73.1 Å². The van der Waals surface area contributed by atoms with Gasteiger partial charge in [0, 0.05) is 0 Å². The second-order valence-corrected chi connectivity index (χ2v) is 7.65. The zero-order chi connectivity index (χ0) is 14.8. The van der Waals surface area contributed by atoms with E-state index in [1.54, 1.807) is 16.7 Å². The maximum atomic E-state index is 2.56. The van der Waals surface area contributed by atoms with Gasteiger partial charge in [-0.2, -0.15) is 0 Å². The van der Waals surface area contributed by atoms with E-state index in [2.05, 4.69) is 52.8 Å². The predicted molar refractivity (Wildman–Crippen MR) is 89.7 cm³/mol. The summed E-state index contributed by atoms with van der Waals surface area (Å²) < 4.78 is 0. The lowest BCUT2D eigenvalue weighted by molar-refractivity contribution is 0.225. The lowest BCUT2D eigenvalue weighted by Crippen LogP contribution is -2.25. The van der Waals surface area contributed by atoms with Crippen LogP contribution >= 0.6 is 0 Å². The SMILES string of the molecule is CC1=CCC2(C)CC=C(C(C)C)C2CCC(C)=CCC1. The molecule has 2 unspecified atom stereocenters. The highest BCUT2D eigenvalue weighted by Gasteiger charge is 2.39. The molecule has 0 aromatic carbocycles. The Morgan fingerprint density at radius 3 is 2.35 bits per heavy atom. The van der Waals surface area contributed by atoms with Gasteiger partial charge in [0.1, 0.15) is 0 Å². The van der Waals surface area contributed by atoms with Gasteiger partial charge in [0.2, 0.25) is 0 Å². The Labute approximate surface area is 126 Å². The van der Waals surface area contributed by atoms with Gasteiger partial charge in [-0.25, -0.2) is 0 Å². The van der Waals surface area contributed by atoms with Crippen molar-refractivity contribution in [1.29, 1.82) is 0 Å². The summed E-state index contributed by atoms with van der Waals surface area (Å²) in [7, 11) is 0. The van der Waals surface area contributed by atoms with Crippen LogP contribution in [0.3, 0.4) is 0 Å². The van der Waals surface area contributed by atoms with Crippen LogP contribution in [0.4, 0.5) is 0 Å². The molecule has 0 heteroatoms. The molecule has 2 rings (SSSR count). The molecule has 112 valence electrons. The summed E-state index contributed by atoms with van der Waals surface area (Å²) in [4.78, 5) is 0. The van der Waals surface area contributed by atoms with Gasteiger partial charge in [-0.3, -0.25) is 0 Å². The largest absolute Gasteiger partial charge is 0.0853 e. The Kier molecular flexibility index (Phi) is 4.94. The Balaban J connectivity index is 2.26. The quantitative estimate of drug-likeness (QED) is 0.481. The van der Waals surface area contributed by atoms with E-state index < -0.39 is 0 Å². The number of fused-ring (bicyclic) bond motifs is 1. The highest BCUT2D eigenvalue weighted by molar-refractivity contribution is 5.23. The smallest absolute Gasteiger partial charge is 0.0138 e. The fraction of sp³-hybridized carbons (Fsp3) is 0.700. The molecule has 2 atom stereocenters. The first-order chi connectivity index (χ1) is 9.42. The zero-order valence-corrected chi connectivity index (χ0v) is 14.1. The Morgan fingerprint density at radius 2 is 1.65 bits per heavy atom. The minimum Gasteiger partial charge on any atom is -0.0853 e. The molecule has 20 heavy (non-hydrogen) atoms. The molecule has 0 saturated carbocycles. The summed E-state index contributed by atoms with van der Waals surface area (Å²) >= 11 is 0. The van der Waals surface area contributed by atoms with E-state index in [1.165, 1.54) is 38.5 Å². The van der Waals surface area contributed by atoms with Crippen LogP contribution in [0, 0.1) is 17.3 Å². The van der Waals surface area contributed by atoms with Crippen molar-refractivity contribution in [2.45, 2.75) is 73.1 Å². The first-order valence-electron chi connectivity index (χ1n) is 8.43. The highest BCUT2D eigenvalue weighted by atomic mass is 14.4. The molecule has 0 nitrogen and oxygen atoms in total.